The summed E-state index contributed by atoms with van der Waals surface area (Å²) < 4.78 is 25.5. The highest BCUT2D eigenvalue weighted by Gasteiger charge is 2.20. The number of carboxylic acids is 2. The van der Waals surface area contributed by atoms with Crippen LogP contribution in [-0.4, -0.2) is 26.4 Å². The number of carbonyl (C=O) groups is 2. The lowest BCUT2D eigenvalue weighted by molar-refractivity contribution is -0.309. The zero-order valence-corrected chi connectivity index (χ0v) is 10.6. The van der Waals surface area contributed by atoms with Gasteiger partial charge in [0, 0.05) is 5.97 Å². The molecule has 1 aromatic carbocycles. The second-order valence-electron chi connectivity index (χ2n) is 3.72. The summed E-state index contributed by atoms with van der Waals surface area (Å²) >= 11 is 0. The highest BCUT2D eigenvalue weighted by atomic mass is 32.2. The lowest BCUT2D eigenvalue weighted by atomic mass is 10.2. The summed E-state index contributed by atoms with van der Waals surface area (Å²) in [6, 6.07) is 5.50. The van der Waals surface area contributed by atoms with E-state index in [2.05, 4.69) is 0 Å². The van der Waals surface area contributed by atoms with E-state index in [1.165, 1.54) is 24.3 Å². The molecule has 0 heterocycles. The van der Waals surface area contributed by atoms with Crippen LogP contribution in [0.3, 0.4) is 0 Å². The third-order valence-corrected chi connectivity index (χ3v) is 3.76. The second-order valence-corrected chi connectivity index (χ2v) is 5.43. The fourth-order valence-electron chi connectivity index (χ4n) is 1.34. The fraction of sp³-hybridized carbons (Fsp3) is 0.273. The van der Waals surface area contributed by atoms with Gasteiger partial charge < -0.3 is 19.8 Å². The summed E-state index contributed by atoms with van der Waals surface area (Å²) in [6.07, 6.45) is -1.04. The summed E-state index contributed by atoms with van der Waals surface area (Å²) in [4.78, 5) is 20.9. The minimum Gasteiger partial charge on any atom is -0.550 e. The van der Waals surface area contributed by atoms with Crippen molar-refractivity contribution in [2.45, 2.75) is 23.8 Å². The number of rotatable bonds is 7. The smallest absolute Gasteiger partial charge is 0.241 e. The van der Waals surface area contributed by atoms with Gasteiger partial charge in [-0.3, -0.25) is 0 Å². The number of sulfonamides is 1. The molecule has 0 aliphatic carbocycles. The molecular weight excluding hydrogens is 274 g/mol. The second kappa shape index (κ2) is 6.30. The number of carbonyl (C=O) groups excluding carboxylic acids is 2. The van der Waals surface area contributed by atoms with Gasteiger partial charge in [-0.25, -0.2) is 13.1 Å². The van der Waals surface area contributed by atoms with Gasteiger partial charge in [0.05, 0.1) is 16.9 Å². The monoisotopic (exact) mass is 285 g/mol. The number of hydrogen-bond acceptors (Lipinski definition) is 6. The van der Waals surface area contributed by atoms with Crippen LogP contribution >= 0.6 is 0 Å². The zero-order valence-electron chi connectivity index (χ0n) is 9.74. The van der Waals surface area contributed by atoms with Gasteiger partial charge in [-0.1, -0.05) is 18.2 Å². The molecule has 7 nitrogen and oxygen atoms in total. The van der Waals surface area contributed by atoms with Gasteiger partial charge in [0.25, 0.3) is 0 Å². The Balaban J connectivity index is 2.84. The molecular formula is C11H11NO6S-2. The predicted molar refractivity (Wildman–Crippen MR) is 59.8 cm³/mol. The quantitative estimate of drug-likeness (QED) is 0.595. The molecule has 0 saturated carbocycles. The molecule has 1 aromatic rings. The van der Waals surface area contributed by atoms with Crippen molar-refractivity contribution in [2.75, 3.05) is 0 Å². The van der Waals surface area contributed by atoms with E-state index in [0.29, 0.717) is 0 Å². The van der Waals surface area contributed by atoms with Gasteiger partial charge in [0.1, 0.15) is 0 Å². The normalized spacial score (nSPS) is 12.8. The van der Waals surface area contributed by atoms with E-state index in [1.807, 2.05) is 4.72 Å². The molecule has 0 aliphatic heterocycles. The van der Waals surface area contributed by atoms with Crippen molar-refractivity contribution in [3.63, 3.8) is 0 Å². The Morgan fingerprint density at radius 3 is 2.21 bits per heavy atom. The lowest BCUT2D eigenvalue weighted by Gasteiger charge is -2.19. The first-order valence-electron chi connectivity index (χ1n) is 5.31. The summed E-state index contributed by atoms with van der Waals surface area (Å²) in [5.74, 6) is -3.16. The van der Waals surface area contributed by atoms with Gasteiger partial charge in [-0.05, 0) is 25.0 Å². The van der Waals surface area contributed by atoms with Gasteiger partial charge in [-0.2, -0.15) is 0 Å². The number of aliphatic carboxylic acids is 2. The van der Waals surface area contributed by atoms with Crippen LogP contribution in [0, 0.1) is 0 Å². The number of hydrogen-bond donors (Lipinski definition) is 1. The Kier molecular flexibility index (Phi) is 5.02. The average molecular weight is 285 g/mol. The zero-order chi connectivity index (χ0) is 14.5. The topological polar surface area (TPSA) is 126 Å². The van der Waals surface area contributed by atoms with Crippen molar-refractivity contribution >= 4 is 22.0 Å². The third-order valence-electron chi connectivity index (χ3n) is 2.27. The maximum Gasteiger partial charge on any atom is 0.241 e. The first-order chi connectivity index (χ1) is 8.83. The van der Waals surface area contributed by atoms with E-state index in [0.717, 1.165) is 0 Å². The first kappa shape index (κ1) is 15.1. The molecule has 1 atom stereocenters. The predicted octanol–water partition coefficient (Wildman–Crippen LogP) is -2.39. The van der Waals surface area contributed by atoms with Crippen LogP contribution in [0.25, 0.3) is 0 Å². The van der Waals surface area contributed by atoms with Crippen molar-refractivity contribution in [3.05, 3.63) is 30.3 Å². The van der Waals surface area contributed by atoms with E-state index in [4.69, 9.17) is 0 Å². The lowest BCUT2D eigenvalue weighted by Crippen LogP contribution is -2.48. The number of benzene rings is 1. The molecule has 0 amide bonds. The van der Waals surface area contributed by atoms with Crippen LogP contribution in [0.4, 0.5) is 0 Å². The maximum absolute atomic E-state index is 11.8. The summed E-state index contributed by atoms with van der Waals surface area (Å²) in [7, 11) is -4.04. The van der Waals surface area contributed by atoms with Crippen molar-refractivity contribution in [2.24, 2.45) is 0 Å². The third kappa shape index (κ3) is 4.68. The van der Waals surface area contributed by atoms with Crippen LogP contribution in [0.5, 0.6) is 0 Å². The van der Waals surface area contributed by atoms with E-state index in [-0.39, 0.29) is 4.90 Å². The number of carboxylic acid groups (broad SMARTS) is 2. The number of nitrogens with one attached hydrogen (secondary N) is 1. The minimum atomic E-state index is -4.04. The van der Waals surface area contributed by atoms with E-state index >= 15 is 0 Å². The van der Waals surface area contributed by atoms with Crippen molar-refractivity contribution in [1.29, 1.82) is 0 Å². The molecule has 8 heteroatoms. The van der Waals surface area contributed by atoms with Crippen LogP contribution in [0.1, 0.15) is 12.8 Å². The average Bonchev–Trinajstić information content (AvgIpc) is 2.35. The molecule has 0 fully saturated rings. The summed E-state index contributed by atoms with van der Waals surface area (Å²) in [5.41, 5.74) is 0. The maximum atomic E-state index is 11.8. The largest absolute Gasteiger partial charge is 0.550 e. The molecule has 1 rings (SSSR count). The minimum absolute atomic E-state index is 0.116. The Bertz CT molecular complexity index is 554. The van der Waals surface area contributed by atoms with Gasteiger partial charge in [0.15, 0.2) is 0 Å². The summed E-state index contributed by atoms with van der Waals surface area (Å²) in [5, 5.41) is 21.0. The van der Waals surface area contributed by atoms with Crippen LogP contribution < -0.4 is 14.9 Å². The molecule has 19 heavy (non-hydrogen) atoms. The molecule has 0 aromatic heterocycles. The van der Waals surface area contributed by atoms with Gasteiger partial charge in [-0.15, -0.1) is 0 Å². The molecule has 0 unspecified atom stereocenters. The molecule has 0 bridgehead atoms. The highest BCUT2D eigenvalue weighted by molar-refractivity contribution is 7.89. The Hall–Kier alpha value is -1.93. The standard InChI is InChI=1S/C11H13NO6S/c13-10(14)7-6-9(11(15)16)12-19(17,18)8-4-2-1-3-5-8/h1-5,9,12H,6-7H2,(H,13,14)(H,15,16)/p-2/t9-/m0/s1. The molecule has 104 valence electrons. The van der Waals surface area contributed by atoms with E-state index in [1.54, 1.807) is 6.07 Å². The Morgan fingerprint density at radius 1 is 1.16 bits per heavy atom. The van der Waals surface area contributed by atoms with Gasteiger partial charge >= 0.3 is 0 Å². The molecule has 0 radical (unpaired) electrons. The Morgan fingerprint density at radius 2 is 1.74 bits per heavy atom. The van der Waals surface area contributed by atoms with Crippen LogP contribution in [0.15, 0.2) is 35.2 Å². The SMILES string of the molecule is O=C([O-])CC[C@H](NS(=O)(=O)c1ccccc1)C(=O)[O-]. The summed E-state index contributed by atoms with van der Waals surface area (Å²) in [6.45, 7) is 0. The highest BCUT2D eigenvalue weighted by Crippen LogP contribution is 2.09. The Labute approximate surface area is 109 Å². The van der Waals surface area contributed by atoms with Crippen molar-refractivity contribution in [3.8, 4) is 0 Å². The van der Waals surface area contributed by atoms with Crippen molar-refractivity contribution in [1.82, 2.24) is 4.72 Å². The fourth-order valence-corrected chi connectivity index (χ4v) is 2.58. The van der Waals surface area contributed by atoms with E-state index in [9.17, 15) is 28.2 Å². The van der Waals surface area contributed by atoms with E-state index < -0.39 is 40.8 Å². The molecule has 1 N–H and O–H groups in total. The molecule has 0 saturated heterocycles. The first-order valence-corrected chi connectivity index (χ1v) is 6.79. The van der Waals surface area contributed by atoms with Crippen molar-refractivity contribution < 1.29 is 28.2 Å². The molecule has 0 aliphatic rings. The van der Waals surface area contributed by atoms with Crippen LogP contribution in [-0.2, 0) is 19.6 Å². The van der Waals surface area contributed by atoms with Crippen LogP contribution in [0.2, 0.25) is 0 Å². The van der Waals surface area contributed by atoms with Gasteiger partial charge in [0.2, 0.25) is 10.0 Å². The molecule has 0 spiro atoms.